The van der Waals surface area contributed by atoms with E-state index in [0.717, 1.165) is 19.5 Å². The topological polar surface area (TPSA) is 87.6 Å². The Balaban J connectivity index is 1.95. The van der Waals surface area contributed by atoms with Crippen molar-refractivity contribution in [2.45, 2.75) is 25.6 Å². The van der Waals surface area contributed by atoms with Crippen LogP contribution >= 0.6 is 0 Å². The second-order valence-corrected chi connectivity index (χ2v) is 4.48. The Morgan fingerprint density at radius 3 is 3.06 bits per heavy atom. The molecule has 0 spiro atoms. The van der Waals surface area contributed by atoms with Crippen LogP contribution in [0.25, 0.3) is 0 Å². The van der Waals surface area contributed by atoms with E-state index < -0.39 is 0 Å². The van der Waals surface area contributed by atoms with Crippen LogP contribution in [0.2, 0.25) is 0 Å². The van der Waals surface area contributed by atoms with E-state index in [2.05, 4.69) is 10.2 Å². The summed E-state index contributed by atoms with van der Waals surface area (Å²) in [6, 6.07) is 0.210. The van der Waals surface area contributed by atoms with E-state index in [1.54, 1.807) is 18.0 Å². The lowest BCUT2D eigenvalue weighted by molar-refractivity contribution is -0.119. The van der Waals surface area contributed by atoms with Gasteiger partial charge in [-0.2, -0.15) is 0 Å². The molecule has 5 N–H and O–H groups in total. The highest BCUT2D eigenvalue weighted by atomic mass is 16.1. The lowest BCUT2D eigenvalue weighted by Gasteiger charge is -2.35. The molecule has 2 unspecified atom stereocenters. The van der Waals surface area contributed by atoms with Crippen LogP contribution in [-0.4, -0.2) is 41.1 Å². The molecule has 2 aliphatic rings. The van der Waals surface area contributed by atoms with Gasteiger partial charge in [0.25, 0.3) is 0 Å². The molecular weight excluding hydrogens is 218 g/mol. The summed E-state index contributed by atoms with van der Waals surface area (Å²) in [5.74, 6) is 6.48. The molecule has 0 aliphatic carbocycles. The molecule has 6 nitrogen and oxygen atoms in total. The Labute approximate surface area is 101 Å². The highest BCUT2D eigenvalue weighted by Gasteiger charge is 2.30. The summed E-state index contributed by atoms with van der Waals surface area (Å²) in [4.78, 5) is 13.2. The number of likely N-dealkylation sites (tertiary alicyclic amines) is 1. The molecule has 17 heavy (non-hydrogen) atoms. The van der Waals surface area contributed by atoms with E-state index in [-0.39, 0.29) is 18.1 Å². The van der Waals surface area contributed by atoms with Crippen LogP contribution in [0, 0.1) is 0 Å². The van der Waals surface area contributed by atoms with Gasteiger partial charge in [-0.05, 0) is 18.6 Å². The Bertz CT molecular complexity index is 365. The average Bonchev–Trinajstić information content (AvgIpc) is 2.69. The highest BCUT2D eigenvalue weighted by Crippen LogP contribution is 2.18. The van der Waals surface area contributed by atoms with Crippen molar-refractivity contribution in [1.29, 1.82) is 0 Å². The molecule has 2 atom stereocenters. The molecule has 1 fully saturated rings. The van der Waals surface area contributed by atoms with E-state index in [0.29, 0.717) is 5.82 Å². The molecule has 1 amide bonds. The fourth-order valence-electron chi connectivity index (χ4n) is 2.32. The molecule has 6 heteroatoms. The first-order valence-corrected chi connectivity index (χ1v) is 5.77. The lowest BCUT2D eigenvalue weighted by Crippen LogP contribution is -2.52. The Kier molecular flexibility index (Phi) is 3.35. The van der Waals surface area contributed by atoms with Crippen molar-refractivity contribution in [3.63, 3.8) is 0 Å². The molecule has 0 aromatic rings. The van der Waals surface area contributed by atoms with Crippen molar-refractivity contribution < 1.29 is 4.79 Å². The van der Waals surface area contributed by atoms with Crippen LogP contribution < -0.4 is 16.9 Å². The maximum absolute atomic E-state index is 11.0. The zero-order chi connectivity index (χ0) is 12.4. The number of nitrogens with zero attached hydrogens (tertiary/aromatic N) is 2. The number of allylic oxidation sites excluding steroid dienone is 2. The summed E-state index contributed by atoms with van der Waals surface area (Å²) in [7, 11) is 0. The average molecular weight is 237 g/mol. The SMILES string of the molecule is CC(=O)NC1CCN(C2C=CC=C(N)N2N)C1. The first-order valence-electron chi connectivity index (χ1n) is 5.77. The molecule has 94 valence electrons. The smallest absolute Gasteiger partial charge is 0.217 e. The van der Waals surface area contributed by atoms with Crippen molar-refractivity contribution in [3.05, 3.63) is 24.0 Å². The molecule has 2 rings (SSSR count). The Morgan fingerprint density at radius 1 is 1.59 bits per heavy atom. The first-order chi connectivity index (χ1) is 8.08. The Hall–Kier alpha value is -1.53. The molecule has 1 saturated heterocycles. The van der Waals surface area contributed by atoms with Gasteiger partial charge in [-0.3, -0.25) is 14.7 Å². The fraction of sp³-hybridized carbons (Fsp3) is 0.545. The zero-order valence-corrected chi connectivity index (χ0v) is 9.97. The minimum Gasteiger partial charge on any atom is -0.384 e. The number of hydrazine groups is 1. The standard InChI is InChI=1S/C11H19N5O/c1-8(17)14-9-5-6-15(7-9)11-4-2-3-10(12)16(11)13/h2-4,9,11H,5-7,12-13H2,1H3,(H,14,17). The minimum atomic E-state index is -0.0150. The third-order valence-corrected chi connectivity index (χ3v) is 3.13. The monoisotopic (exact) mass is 237 g/mol. The van der Waals surface area contributed by atoms with Crippen LogP contribution in [0.1, 0.15) is 13.3 Å². The zero-order valence-electron chi connectivity index (χ0n) is 9.97. The number of rotatable bonds is 2. The molecule has 0 saturated carbocycles. The third-order valence-electron chi connectivity index (χ3n) is 3.13. The summed E-state index contributed by atoms with van der Waals surface area (Å²) >= 11 is 0. The maximum Gasteiger partial charge on any atom is 0.217 e. The predicted octanol–water partition coefficient (Wildman–Crippen LogP) is -0.931. The summed E-state index contributed by atoms with van der Waals surface area (Å²) in [5.41, 5.74) is 5.77. The van der Waals surface area contributed by atoms with E-state index in [9.17, 15) is 4.79 Å². The first kappa shape index (κ1) is 11.9. The van der Waals surface area contributed by atoms with Crippen LogP contribution in [0.3, 0.4) is 0 Å². The van der Waals surface area contributed by atoms with Crippen LogP contribution in [0.15, 0.2) is 24.0 Å². The molecule has 2 aliphatic heterocycles. The van der Waals surface area contributed by atoms with Crippen molar-refractivity contribution in [3.8, 4) is 0 Å². The minimum absolute atomic E-state index is 0.0139. The van der Waals surface area contributed by atoms with E-state index in [1.807, 2.05) is 12.2 Å². The molecule has 0 bridgehead atoms. The van der Waals surface area contributed by atoms with Gasteiger partial charge in [0.2, 0.25) is 5.91 Å². The van der Waals surface area contributed by atoms with Crippen LogP contribution in [-0.2, 0) is 4.79 Å². The van der Waals surface area contributed by atoms with Crippen molar-refractivity contribution in [2.24, 2.45) is 11.6 Å². The maximum atomic E-state index is 11.0. The van der Waals surface area contributed by atoms with Gasteiger partial charge in [-0.25, -0.2) is 5.84 Å². The molecule has 2 heterocycles. The number of nitrogens with one attached hydrogen (secondary N) is 1. The normalized spacial score (nSPS) is 29.3. The van der Waals surface area contributed by atoms with Gasteiger partial charge in [0.05, 0.1) is 0 Å². The number of carbonyl (C=O) groups excluding carboxylic acids is 1. The van der Waals surface area contributed by atoms with Gasteiger partial charge in [0.1, 0.15) is 12.0 Å². The van der Waals surface area contributed by atoms with E-state index in [4.69, 9.17) is 11.6 Å². The van der Waals surface area contributed by atoms with Gasteiger partial charge in [-0.1, -0.05) is 6.08 Å². The van der Waals surface area contributed by atoms with Crippen LogP contribution in [0.5, 0.6) is 0 Å². The lowest BCUT2D eigenvalue weighted by atomic mass is 10.2. The number of nitrogens with two attached hydrogens (primary N) is 2. The van der Waals surface area contributed by atoms with Crippen molar-refractivity contribution >= 4 is 5.91 Å². The van der Waals surface area contributed by atoms with Crippen molar-refractivity contribution in [2.75, 3.05) is 13.1 Å². The summed E-state index contributed by atoms with van der Waals surface area (Å²) in [6.45, 7) is 3.25. The predicted molar refractivity (Wildman–Crippen MR) is 65.0 cm³/mol. The summed E-state index contributed by atoms with van der Waals surface area (Å²) < 4.78 is 0. The number of amides is 1. The second kappa shape index (κ2) is 4.77. The van der Waals surface area contributed by atoms with Gasteiger partial charge >= 0.3 is 0 Å². The molecule has 0 radical (unpaired) electrons. The summed E-state index contributed by atoms with van der Waals surface area (Å²) in [5, 5.41) is 4.48. The summed E-state index contributed by atoms with van der Waals surface area (Å²) in [6.07, 6.45) is 6.62. The quantitative estimate of drug-likeness (QED) is 0.540. The Morgan fingerprint density at radius 2 is 2.35 bits per heavy atom. The van der Waals surface area contributed by atoms with E-state index >= 15 is 0 Å². The third kappa shape index (κ3) is 2.59. The number of hydrogen-bond acceptors (Lipinski definition) is 5. The number of carbonyl (C=O) groups is 1. The second-order valence-electron chi connectivity index (χ2n) is 4.48. The largest absolute Gasteiger partial charge is 0.384 e. The molecule has 0 aromatic heterocycles. The number of hydrogen-bond donors (Lipinski definition) is 3. The fourth-order valence-corrected chi connectivity index (χ4v) is 2.32. The van der Waals surface area contributed by atoms with Crippen molar-refractivity contribution in [1.82, 2.24) is 15.2 Å². The van der Waals surface area contributed by atoms with E-state index in [1.165, 1.54) is 0 Å². The van der Waals surface area contributed by atoms with Gasteiger partial charge in [0, 0.05) is 26.1 Å². The van der Waals surface area contributed by atoms with Gasteiger partial charge in [0.15, 0.2) is 0 Å². The van der Waals surface area contributed by atoms with Crippen LogP contribution in [0.4, 0.5) is 0 Å². The van der Waals surface area contributed by atoms with Gasteiger partial charge < -0.3 is 11.1 Å². The highest BCUT2D eigenvalue weighted by molar-refractivity contribution is 5.73. The molecule has 0 aromatic carbocycles. The molecular formula is C11H19N5O. The van der Waals surface area contributed by atoms with Gasteiger partial charge in [-0.15, -0.1) is 0 Å².